The van der Waals surface area contributed by atoms with E-state index in [1.807, 2.05) is 29.2 Å². The molecular weight excluding hydrogens is 456 g/mol. The molecule has 1 aliphatic rings. The summed E-state index contributed by atoms with van der Waals surface area (Å²) in [5.74, 6) is -0.0529. The number of benzene rings is 2. The Bertz CT molecular complexity index is 1230. The van der Waals surface area contributed by atoms with Gasteiger partial charge in [-0.25, -0.2) is 8.42 Å². The fourth-order valence-electron chi connectivity index (χ4n) is 3.76. The molecule has 0 spiro atoms. The van der Waals surface area contributed by atoms with Crippen LogP contribution < -0.4 is 4.72 Å². The average molecular weight is 481 g/mol. The first-order valence-electron chi connectivity index (χ1n) is 10.6. The maximum absolute atomic E-state index is 13.0. The second-order valence-electron chi connectivity index (χ2n) is 7.85. The number of nitrogens with one attached hydrogen (secondary N) is 1. The minimum atomic E-state index is -3.61. The molecule has 1 fully saturated rings. The molecule has 0 bridgehead atoms. The van der Waals surface area contributed by atoms with Gasteiger partial charge in [0.1, 0.15) is 4.21 Å². The maximum atomic E-state index is 13.0. The third-order valence-corrected chi connectivity index (χ3v) is 8.29. The van der Waals surface area contributed by atoms with E-state index in [0.717, 1.165) is 43.0 Å². The van der Waals surface area contributed by atoms with E-state index in [0.29, 0.717) is 29.9 Å². The first-order chi connectivity index (χ1) is 15.9. The molecule has 2 heterocycles. The molecule has 0 aliphatic carbocycles. The van der Waals surface area contributed by atoms with Crippen molar-refractivity contribution in [3.05, 3.63) is 82.7 Å². The minimum Gasteiger partial charge on any atom is -0.337 e. The largest absolute Gasteiger partial charge is 0.337 e. The van der Waals surface area contributed by atoms with E-state index >= 15 is 0 Å². The topological polar surface area (TPSA) is 93.5 Å². The number of anilines is 1. The third kappa shape index (κ3) is 5.79. The molecule has 4 rings (SSSR count). The highest BCUT2D eigenvalue weighted by Crippen LogP contribution is 2.21. The summed E-state index contributed by atoms with van der Waals surface area (Å²) in [6, 6.07) is 19.5. The van der Waals surface area contributed by atoms with Crippen LogP contribution in [0.2, 0.25) is 0 Å². The monoisotopic (exact) mass is 480 g/mol. The lowest BCUT2D eigenvalue weighted by molar-refractivity contribution is 0.0761. The maximum Gasteiger partial charge on any atom is 0.271 e. The Labute approximate surface area is 197 Å². The van der Waals surface area contributed by atoms with E-state index < -0.39 is 10.0 Å². The van der Waals surface area contributed by atoms with Gasteiger partial charge in [-0.2, -0.15) is 5.26 Å². The van der Waals surface area contributed by atoms with E-state index in [-0.39, 0.29) is 10.1 Å². The van der Waals surface area contributed by atoms with Crippen molar-refractivity contribution in [3.8, 4) is 6.07 Å². The number of hydrogen-bond donors (Lipinski definition) is 1. The Morgan fingerprint density at radius 1 is 1.00 bits per heavy atom. The number of rotatable bonds is 6. The Morgan fingerprint density at radius 2 is 1.76 bits per heavy atom. The van der Waals surface area contributed by atoms with Gasteiger partial charge in [0.25, 0.3) is 15.9 Å². The van der Waals surface area contributed by atoms with Crippen molar-refractivity contribution in [2.75, 3.05) is 30.9 Å². The molecule has 9 heteroatoms. The molecule has 170 valence electrons. The van der Waals surface area contributed by atoms with Gasteiger partial charge in [-0.3, -0.25) is 14.4 Å². The van der Waals surface area contributed by atoms with Crippen LogP contribution in [-0.2, 0) is 16.6 Å². The molecule has 7 nitrogen and oxygen atoms in total. The van der Waals surface area contributed by atoms with Crippen molar-refractivity contribution in [2.24, 2.45) is 0 Å². The van der Waals surface area contributed by atoms with Gasteiger partial charge in [0.15, 0.2) is 0 Å². The van der Waals surface area contributed by atoms with Gasteiger partial charge in [-0.1, -0.05) is 18.2 Å². The summed E-state index contributed by atoms with van der Waals surface area (Å²) in [6.45, 7) is 3.75. The predicted octanol–water partition coefficient (Wildman–Crippen LogP) is 3.77. The summed E-state index contributed by atoms with van der Waals surface area (Å²) in [5, 5.41) is 10.6. The smallest absolute Gasteiger partial charge is 0.271 e. The predicted molar refractivity (Wildman–Crippen MR) is 129 cm³/mol. The molecule has 0 saturated carbocycles. The Kier molecular flexibility index (Phi) is 7.08. The molecular formula is C24H24N4O3S2. The molecule has 0 unspecified atom stereocenters. The molecule has 1 aromatic heterocycles. The van der Waals surface area contributed by atoms with Gasteiger partial charge in [-0.05, 0) is 59.8 Å². The van der Waals surface area contributed by atoms with Gasteiger partial charge >= 0.3 is 0 Å². The molecule has 1 aliphatic heterocycles. The summed E-state index contributed by atoms with van der Waals surface area (Å²) >= 11 is 1.15. The Balaban J connectivity index is 1.34. The molecule has 0 atom stereocenters. The van der Waals surface area contributed by atoms with Crippen LogP contribution in [0.5, 0.6) is 0 Å². The lowest BCUT2D eigenvalue weighted by Crippen LogP contribution is -2.35. The number of amides is 1. The molecule has 1 amide bonds. The quantitative estimate of drug-likeness (QED) is 0.580. The molecule has 1 N–H and O–H groups in total. The number of carbonyl (C=O) groups excluding carboxylic acids is 1. The minimum absolute atomic E-state index is 0.0529. The molecule has 0 radical (unpaired) electrons. The summed E-state index contributed by atoms with van der Waals surface area (Å²) in [6.07, 6.45) is 0.876. The van der Waals surface area contributed by atoms with Crippen molar-refractivity contribution >= 4 is 33.0 Å². The zero-order chi connectivity index (χ0) is 23.3. The van der Waals surface area contributed by atoms with Gasteiger partial charge < -0.3 is 4.90 Å². The normalized spacial score (nSPS) is 14.9. The number of hydrogen-bond acceptors (Lipinski definition) is 6. The SMILES string of the molecule is N#Cc1ccc(CN2CCCN(C(=O)c3ccc(NS(=O)(=O)c4cccs4)cc3)CC2)cc1. The van der Waals surface area contributed by atoms with Crippen LogP contribution in [0.4, 0.5) is 5.69 Å². The summed E-state index contributed by atoms with van der Waals surface area (Å²) in [5.41, 5.74) is 2.75. The standard InChI is InChI=1S/C24H24N4O3S2/c25-17-19-4-6-20(7-5-19)18-27-12-2-13-28(15-14-27)24(29)21-8-10-22(11-9-21)26-33(30,31)23-3-1-16-32-23/h1,3-11,16,26H,2,12-15,18H2. The van der Waals surface area contributed by atoms with Crippen molar-refractivity contribution in [1.82, 2.24) is 9.80 Å². The fraction of sp³-hybridized carbons (Fsp3) is 0.250. The Morgan fingerprint density at radius 3 is 2.42 bits per heavy atom. The van der Waals surface area contributed by atoms with E-state index in [4.69, 9.17) is 5.26 Å². The summed E-state index contributed by atoms with van der Waals surface area (Å²) in [4.78, 5) is 17.2. The van der Waals surface area contributed by atoms with Crippen LogP contribution in [0, 0.1) is 11.3 Å². The van der Waals surface area contributed by atoms with Crippen molar-refractivity contribution in [2.45, 2.75) is 17.2 Å². The number of nitrogens with zero attached hydrogens (tertiary/aromatic N) is 3. The first-order valence-corrected chi connectivity index (χ1v) is 13.0. The zero-order valence-corrected chi connectivity index (χ0v) is 19.6. The second kappa shape index (κ2) is 10.2. The molecule has 3 aromatic rings. The van der Waals surface area contributed by atoms with E-state index in [9.17, 15) is 13.2 Å². The average Bonchev–Trinajstić information content (AvgIpc) is 3.28. The molecule has 33 heavy (non-hydrogen) atoms. The summed E-state index contributed by atoms with van der Waals surface area (Å²) in [7, 11) is -3.61. The van der Waals surface area contributed by atoms with Crippen molar-refractivity contribution in [1.29, 1.82) is 5.26 Å². The van der Waals surface area contributed by atoms with Gasteiger partial charge in [0.05, 0.1) is 11.6 Å². The van der Waals surface area contributed by atoms with Gasteiger partial charge in [0.2, 0.25) is 0 Å². The number of carbonyl (C=O) groups is 1. The van der Waals surface area contributed by atoms with Crippen LogP contribution in [0.1, 0.15) is 27.9 Å². The first kappa shape index (κ1) is 23.0. The van der Waals surface area contributed by atoms with E-state index in [1.165, 1.54) is 0 Å². The van der Waals surface area contributed by atoms with Crippen molar-refractivity contribution in [3.63, 3.8) is 0 Å². The van der Waals surface area contributed by atoms with Crippen molar-refractivity contribution < 1.29 is 13.2 Å². The summed E-state index contributed by atoms with van der Waals surface area (Å²) < 4.78 is 27.5. The van der Waals surface area contributed by atoms with Crippen LogP contribution >= 0.6 is 11.3 Å². The number of nitriles is 1. The lowest BCUT2D eigenvalue weighted by atomic mass is 10.1. The highest BCUT2D eigenvalue weighted by molar-refractivity contribution is 7.94. The van der Waals surface area contributed by atoms with Crippen LogP contribution in [0.25, 0.3) is 0 Å². The lowest BCUT2D eigenvalue weighted by Gasteiger charge is -2.22. The molecule has 1 saturated heterocycles. The van der Waals surface area contributed by atoms with Crippen LogP contribution in [0.3, 0.4) is 0 Å². The Hall–Kier alpha value is -3.19. The van der Waals surface area contributed by atoms with E-state index in [2.05, 4.69) is 15.7 Å². The highest BCUT2D eigenvalue weighted by Gasteiger charge is 2.21. The number of thiophene rings is 1. The van der Waals surface area contributed by atoms with Gasteiger partial charge in [0, 0.05) is 44.0 Å². The highest BCUT2D eigenvalue weighted by atomic mass is 32.2. The van der Waals surface area contributed by atoms with E-state index in [1.54, 1.807) is 41.8 Å². The van der Waals surface area contributed by atoms with Crippen LogP contribution in [-0.4, -0.2) is 50.3 Å². The third-order valence-electron chi connectivity index (χ3n) is 5.51. The number of sulfonamides is 1. The van der Waals surface area contributed by atoms with Gasteiger partial charge in [-0.15, -0.1) is 11.3 Å². The fourth-order valence-corrected chi connectivity index (χ4v) is 5.81. The van der Waals surface area contributed by atoms with Crippen LogP contribution in [0.15, 0.2) is 70.3 Å². The second-order valence-corrected chi connectivity index (χ2v) is 10.7. The molecule has 2 aromatic carbocycles. The zero-order valence-electron chi connectivity index (χ0n) is 18.0.